The molecule has 0 saturated carbocycles. The topological polar surface area (TPSA) is 52.7 Å². The Kier molecular flexibility index (Phi) is 5.20. The van der Waals surface area contributed by atoms with Crippen LogP contribution in [-0.2, 0) is 9.59 Å². The van der Waals surface area contributed by atoms with Gasteiger partial charge < -0.3 is 10.2 Å². The summed E-state index contributed by atoms with van der Waals surface area (Å²) in [7, 11) is 0. The van der Waals surface area contributed by atoms with E-state index in [1.54, 1.807) is 11.8 Å². The van der Waals surface area contributed by atoms with Crippen molar-refractivity contribution in [3.63, 3.8) is 0 Å². The lowest BCUT2D eigenvalue weighted by Gasteiger charge is -2.39. The first-order chi connectivity index (χ1) is 9.79. The van der Waals surface area contributed by atoms with Crippen LogP contribution in [0.4, 0.5) is 0 Å². The second-order valence-electron chi connectivity index (χ2n) is 6.87. The number of rotatable bonds is 3. The molecular weight excluding hydrogens is 286 g/mol. The Hall–Kier alpha value is -0.750. The van der Waals surface area contributed by atoms with E-state index in [-0.39, 0.29) is 17.9 Å². The van der Waals surface area contributed by atoms with E-state index in [9.17, 15) is 9.59 Å². The Morgan fingerprint density at radius 1 is 1.33 bits per heavy atom. The molecule has 0 radical (unpaired) electrons. The second kappa shape index (κ2) is 6.57. The molecule has 0 aromatic heterocycles. The number of hydrogen-bond donors (Lipinski definition) is 1. The summed E-state index contributed by atoms with van der Waals surface area (Å²) >= 11 is 1.57. The normalized spacial score (nSPS) is 26.8. The van der Waals surface area contributed by atoms with Crippen LogP contribution in [-0.4, -0.2) is 70.9 Å². The molecule has 2 rings (SSSR count). The summed E-state index contributed by atoms with van der Waals surface area (Å²) < 4.78 is -0.424. The highest BCUT2D eigenvalue weighted by Crippen LogP contribution is 2.29. The van der Waals surface area contributed by atoms with Crippen LogP contribution in [0.25, 0.3) is 0 Å². The molecule has 2 amide bonds. The molecule has 0 spiro atoms. The molecule has 5 nitrogen and oxygen atoms in total. The van der Waals surface area contributed by atoms with Gasteiger partial charge >= 0.3 is 0 Å². The molecule has 0 aliphatic carbocycles. The van der Waals surface area contributed by atoms with Crippen LogP contribution >= 0.6 is 11.8 Å². The van der Waals surface area contributed by atoms with Crippen LogP contribution in [0.1, 0.15) is 27.7 Å². The summed E-state index contributed by atoms with van der Waals surface area (Å²) in [5.74, 6) is 1.37. The molecule has 2 fully saturated rings. The van der Waals surface area contributed by atoms with Gasteiger partial charge in [0.05, 0.1) is 4.75 Å². The van der Waals surface area contributed by atoms with Crippen molar-refractivity contribution in [2.75, 3.05) is 38.5 Å². The number of nitrogens with zero attached hydrogens (tertiary/aromatic N) is 2. The summed E-state index contributed by atoms with van der Waals surface area (Å²) in [6.07, 6.45) is 0. The van der Waals surface area contributed by atoms with Crippen LogP contribution in [0.5, 0.6) is 0 Å². The Labute approximate surface area is 131 Å². The maximum atomic E-state index is 12.5. The van der Waals surface area contributed by atoms with Gasteiger partial charge in [-0.2, -0.15) is 0 Å². The minimum absolute atomic E-state index is 0.0319. The van der Waals surface area contributed by atoms with Gasteiger partial charge in [0.25, 0.3) is 0 Å². The van der Waals surface area contributed by atoms with Gasteiger partial charge in [-0.1, -0.05) is 13.8 Å². The lowest BCUT2D eigenvalue weighted by atomic mass is 10.1. The number of amides is 2. The summed E-state index contributed by atoms with van der Waals surface area (Å²) in [6, 6.07) is -0.354. The van der Waals surface area contributed by atoms with Crippen molar-refractivity contribution in [1.82, 2.24) is 15.1 Å². The first-order valence-corrected chi connectivity index (χ1v) is 8.74. The lowest BCUT2D eigenvalue weighted by Crippen LogP contribution is -2.60. The van der Waals surface area contributed by atoms with Gasteiger partial charge in [-0.3, -0.25) is 14.5 Å². The summed E-state index contributed by atoms with van der Waals surface area (Å²) in [6.45, 7) is 12.7. The van der Waals surface area contributed by atoms with Gasteiger partial charge in [0.1, 0.15) is 6.04 Å². The van der Waals surface area contributed by atoms with E-state index < -0.39 is 4.75 Å². The van der Waals surface area contributed by atoms with Crippen LogP contribution < -0.4 is 5.32 Å². The first kappa shape index (κ1) is 16.6. The van der Waals surface area contributed by atoms with Crippen molar-refractivity contribution in [1.29, 1.82) is 0 Å². The van der Waals surface area contributed by atoms with Gasteiger partial charge in [-0.25, -0.2) is 0 Å². The Balaban J connectivity index is 1.84. The van der Waals surface area contributed by atoms with E-state index in [0.29, 0.717) is 11.7 Å². The van der Waals surface area contributed by atoms with Gasteiger partial charge in [0.2, 0.25) is 11.8 Å². The van der Waals surface area contributed by atoms with Crippen LogP contribution in [0, 0.1) is 5.92 Å². The van der Waals surface area contributed by atoms with Crippen molar-refractivity contribution < 1.29 is 9.59 Å². The fraction of sp³-hybridized carbons (Fsp3) is 0.867. The molecule has 6 heteroatoms. The third-order valence-electron chi connectivity index (χ3n) is 4.07. The van der Waals surface area contributed by atoms with Crippen LogP contribution in [0.3, 0.4) is 0 Å². The molecular formula is C15H27N3O2S. The third-order valence-corrected chi connectivity index (χ3v) is 5.48. The van der Waals surface area contributed by atoms with Gasteiger partial charge in [0, 0.05) is 38.5 Å². The van der Waals surface area contributed by atoms with Crippen molar-refractivity contribution in [3.05, 3.63) is 0 Å². The van der Waals surface area contributed by atoms with E-state index in [2.05, 4.69) is 24.1 Å². The predicted molar refractivity (Wildman–Crippen MR) is 86.3 cm³/mol. The molecule has 1 N–H and O–H groups in total. The third kappa shape index (κ3) is 4.13. The molecule has 2 heterocycles. The number of carbonyl (C=O) groups excluding carboxylic acids is 2. The fourth-order valence-corrected chi connectivity index (χ4v) is 3.75. The van der Waals surface area contributed by atoms with E-state index in [1.807, 2.05) is 18.7 Å². The highest BCUT2D eigenvalue weighted by atomic mass is 32.2. The molecule has 1 atom stereocenters. The minimum atomic E-state index is -0.424. The predicted octanol–water partition coefficient (Wildman–Crippen LogP) is 0.797. The molecule has 2 aliphatic rings. The van der Waals surface area contributed by atoms with E-state index in [0.717, 1.165) is 32.7 Å². The van der Waals surface area contributed by atoms with E-state index in [1.165, 1.54) is 0 Å². The smallest absolute Gasteiger partial charge is 0.246 e. The summed E-state index contributed by atoms with van der Waals surface area (Å²) in [4.78, 5) is 28.8. The molecule has 0 aromatic carbocycles. The number of nitrogens with one attached hydrogen (secondary N) is 1. The quantitative estimate of drug-likeness (QED) is 0.837. The molecule has 1 unspecified atom stereocenters. The highest BCUT2D eigenvalue weighted by Gasteiger charge is 2.39. The molecule has 21 heavy (non-hydrogen) atoms. The summed E-state index contributed by atoms with van der Waals surface area (Å²) in [5, 5.41) is 2.88. The zero-order valence-electron chi connectivity index (χ0n) is 13.5. The standard InChI is InChI=1S/C15H27N3O2S/c1-11(2)9-17-5-7-18(8-6-17)13(19)12-10-21-15(3,4)14(20)16-12/h11-12H,5-10H2,1-4H3,(H,16,20). The van der Waals surface area contributed by atoms with Gasteiger partial charge in [-0.05, 0) is 19.8 Å². The lowest BCUT2D eigenvalue weighted by molar-refractivity contribution is -0.138. The van der Waals surface area contributed by atoms with Crippen molar-refractivity contribution in [2.24, 2.45) is 5.92 Å². The Morgan fingerprint density at radius 2 is 1.95 bits per heavy atom. The first-order valence-electron chi connectivity index (χ1n) is 7.75. The Bertz CT molecular complexity index is 404. The van der Waals surface area contributed by atoms with Gasteiger partial charge in [-0.15, -0.1) is 11.8 Å². The number of piperazine rings is 1. The highest BCUT2D eigenvalue weighted by molar-refractivity contribution is 8.01. The van der Waals surface area contributed by atoms with E-state index in [4.69, 9.17) is 0 Å². The average molecular weight is 313 g/mol. The van der Waals surface area contributed by atoms with Crippen molar-refractivity contribution >= 4 is 23.6 Å². The van der Waals surface area contributed by atoms with E-state index >= 15 is 0 Å². The number of thioether (sulfide) groups is 1. The van der Waals surface area contributed by atoms with Crippen LogP contribution in [0.15, 0.2) is 0 Å². The summed E-state index contributed by atoms with van der Waals surface area (Å²) in [5.41, 5.74) is 0. The van der Waals surface area contributed by atoms with Gasteiger partial charge in [0.15, 0.2) is 0 Å². The maximum absolute atomic E-state index is 12.5. The zero-order valence-corrected chi connectivity index (χ0v) is 14.3. The fourth-order valence-electron chi connectivity index (χ4n) is 2.75. The maximum Gasteiger partial charge on any atom is 0.246 e. The minimum Gasteiger partial charge on any atom is -0.342 e. The molecule has 0 bridgehead atoms. The van der Waals surface area contributed by atoms with Crippen molar-refractivity contribution in [3.8, 4) is 0 Å². The number of hydrogen-bond acceptors (Lipinski definition) is 4. The number of carbonyl (C=O) groups is 2. The largest absolute Gasteiger partial charge is 0.342 e. The SMILES string of the molecule is CC(C)CN1CCN(C(=O)C2CSC(C)(C)C(=O)N2)CC1. The zero-order chi connectivity index (χ0) is 15.6. The molecule has 2 saturated heterocycles. The monoisotopic (exact) mass is 313 g/mol. The average Bonchev–Trinajstić information content (AvgIpc) is 2.41. The van der Waals surface area contributed by atoms with Crippen molar-refractivity contribution in [2.45, 2.75) is 38.5 Å². The van der Waals surface area contributed by atoms with Crippen LogP contribution in [0.2, 0.25) is 0 Å². The Morgan fingerprint density at radius 3 is 2.48 bits per heavy atom. The molecule has 2 aliphatic heterocycles. The molecule has 0 aromatic rings. The molecule has 120 valence electrons. The second-order valence-corrected chi connectivity index (χ2v) is 8.51.